The van der Waals surface area contributed by atoms with Crippen molar-refractivity contribution in [1.82, 2.24) is 9.80 Å². The van der Waals surface area contributed by atoms with E-state index in [0.29, 0.717) is 24.0 Å². The van der Waals surface area contributed by atoms with Crippen LogP contribution in [0.15, 0.2) is 24.3 Å². The zero-order valence-corrected chi connectivity index (χ0v) is 14.1. The van der Waals surface area contributed by atoms with E-state index in [1.807, 2.05) is 14.1 Å². The van der Waals surface area contributed by atoms with E-state index in [1.54, 1.807) is 13.8 Å². The van der Waals surface area contributed by atoms with Crippen molar-refractivity contribution in [2.24, 2.45) is 0 Å². The van der Waals surface area contributed by atoms with Crippen LogP contribution in [0.25, 0.3) is 0 Å². The second-order valence-electron chi connectivity index (χ2n) is 5.87. The maximum Gasteiger partial charge on any atom is 0.159 e. The van der Waals surface area contributed by atoms with Gasteiger partial charge in [0.25, 0.3) is 0 Å². The summed E-state index contributed by atoms with van der Waals surface area (Å²) in [4.78, 5) is 27.2. The van der Waals surface area contributed by atoms with Gasteiger partial charge < -0.3 is 9.80 Å². The first-order valence-electron chi connectivity index (χ1n) is 7.48. The van der Waals surface area contributed by atoms with E-state index in [4.69, 9.17) is 0 Å². The molecule has 0 fully saturated rings. The molecule has 21 heavy (non-hydrogen) atoms. The monoisotopic (exact) mass is 294 g/mol. The molecule has 0 aromatic carbocycles. The fraction of sp³-hybridized carbons (Fsp3) is 0.647. The molecule has 0 amide bonds. The highest BCUT2D eigenvalue weighted by Gasteiger charge is 2.07. The highest BCUT2D eigenvalue weighted by atomic mass is 16.1. The lowest BCUT2D eigenvalue weighted by atomic mass is 10.1. The van der Waals surface area contributed by atoms with Crippen LogP contribution >= 0.6 is 0 Å². The van der Waals surface area contributed by atoms with Gasteiger partial charge in [-0.2, -0.15) is 0 Å². The van der Waals surface area contributed by atoms with Gasteiger partial charge in [0.05, 0.1) is 0 Å². The normalized spacial score (nSPS) is 11.0. The number of nitrogens with zero attached hydrogens (tertiary/aromatic N) is 2. The van der Waals surface area contributed by atoms with Gasteiger partial charge in [0, 0.05) is 25.9 Å². The van der Waals surface area contributed by atoms with Crippen LogP contribution in [0.1, 0.15) is 33.1 Å². The van der Waals surface area contributed by atoms with Crippen molar-refractivity contribution in [1.29, 1.82) is 0 Å². The van der Waals surface area contributed by atoms with Gasteiger partial charge in [-0.3, -0.25) is 9.59 Å². The number of carbonyl (C=O) groups excluding carboxylic acids is 2. The van der Waals surface area contributed by atoms with Crippen molar-refractivity contribution in [2.45, 2.75) is 33.1 Å². The molecule has 0 N–H and O–H groups in total. The Morgan fingerprint density at radius 3 is 1.38 bits per heavy atom. The SMILES string of the molecule is C=C(C)C(=O)CCN(C)CCCN(C)CCC(=O)C(=C)C. The number of ketones is 2. The number of Topliss-reactive ketones (excluding diaryl/α,β-unsaturated/α-hetero) is 2. The second-order valence-corrected chi connectivity index (χ2v) is 5.87. The van der Waals surface area contributed by atoms with Crippen molar-refractivity contribution < 1.29 is 9.59 Å². The quantitative estimate of drug-likeness (QED) is 0.518. The van der Waals surface area contributed by atoms with Gasteiger partial charge in [-0.25, -0.2) is 0 Å². The average Bonchev–Trinajstić information content (AvgIpc) is 2.41. The molecule has 0 aliphatic rings. The van der Waals surface area contributed by atoms with Crippen molar-refractivity contribution >= 4 is 11.6 Å². The molecule has 0 radical (unpaired) electrons. The van der Waals surface area contributed by atoms with E-state index in [2.05, 4.69) is 23.0 Å². The Morgan fingerprint density at radius 1 is 0.762 bits per heavy atom. The maximum atomic E-state index is 11.5. The Balaban J connectivity index is 3.73. The van der Waals surface area contributed by atoms with E-state index < -0.39 is 0 Å². The van der Waals surface area contributed by atoms with E-state index in [-0.39, 0.29) is 11.6 Å². The largest absolute Gasteiger partial charge is 0.306 e. The summed E-state index contributed by atoms with van der Waals surface area (Å²) >= 11 is 0. The lowest BCUT2D eigenvalue weighted by Crippen LogP contribution is -2.28. The molecule has 0 saturated heterocycles. The van der Waals surface area contributed by atoms with Crippen LogP contribution in [0.3, 0.4) is 0 Å². The Labute approximate surface area is 129 Å². The van der Waals surface area contributed by atoms with Crippen LogP contribution < -0.4 is 0 Å². The van der Waals surface area contributed by atoms with E-state index in [9.17, 15) is 9.59 Å². The Kier molecular flexibility index (Phi) is 9.84. The number of hydrogen-bond donors (Lipinski definition) is 0. The van der Waals surface area contributed by atoms with Gasteiger partial charge in [-0.1, -0.05) is 13.2 Å². The molecule has 4 heteroatoms. The minimum Gasteiger partial charge on any atom is -0.306 e. The maximum absolute atomic E-state index is 11.5. The molecule has 0 saturated carbocycles. The van der Waals surface area contributed by atoms with E-state index in [1.165, 1.54) is 0 Å². The summed E-state index contributed by atoms with van der Waals surface area (Å²) in [5.74, 6) is 0.273. The van der Waals surface area contributed by atoms with Gasteiger partial charge in [0.2, 0.25) is 0 Å². The molecule has 0 aromatic rings. The van der Waals surface area contributed by atoms with Crippen molar-refractivity contribution in [3.8, 4) is 0 Å². The first kappa shape index (κ1) is 19.7. The number of rotatable bonds is 12. The first-order valence-corrected chi connectivity index (χ1v) is 7.48. The third-order valence-electron chi connectivity index (χ3n) is 3.47. The van der Waals surface area contributed by atoms with Gasteiger partial charge in [-0.05, 0) is 58.6 Å². The highest BCUT2D eigenvalue weighted by molar-refractivity contribution is 5.94. The molecule has 4 nitrogen and oxygen atoms in total. The lowest BCUT2D eigenvalue weighted by molar-refractivity contribution is -0.116. The predicted molar refractivity (Wildman–Crippen MR) is 88.5 cm³/mol. The van der Waals surface area contributed by atoms with Gasteiger partial charge in [0.15, 0.2) is 11.6 Å². The molecular formula is C17H30N2O2. The molecule has 0 unspecified atom stereocenters. The van der Waals surface area contributed by atoms with Crippen LogP contribution in [0.4, 0.5) is 0 Å². The Hall–Kier alpha value is -1.26. The number of hydrogen-bond acceptors (Lipinski definition) is 4. The van der Waals surface area contributed by atoms with Crippen molar-refractivity contribution in [3.63, 3.8) is 0 Å². The summed E-state index contributed by atoms with van der Waals surface area (Å²) in [5, 5.41) is 0. The smallest absolute Gasteiger partial charge is 0.159 e. The summed E-state index contributed by atoms with van der Waals surface area (Å²) in [6, 6.07) is 0. The van der Waals surface area contributed by atoms with Crippen LogP contribution in [-0.2, 0) is 9.59 Å². The molecule has 0 rings (SSSR count). The molecule has 0 atom stereocenters. The summed E-state index contributed by atoms with van der Waals surface area (Å²) in [6.07, 6.45) is 2.10. The standard InChI is InChI=1S/C17H30N2O2/c1-14(2)16(20)8-12-18(5)10-7-11-19(6)13-9-17(21)15(3)4/h1,3,7-13H2,2,4-6H3. The Morgan fingerprint density at radius 2 is 1.10 bits per heavy atom. The van der Waals surface area contributed by atoms with Gasteiger partial charge in [-0.15, -0.1) is 0 Å². The average molecular weight is 294 g/mol. The molecule has 0 spiro atoms. The summed E-state index contributed by atoms with van der Waals surface area (Å²) in [6.45, 7) is 14.2. The highest BCUT2D eigenvalue weighted by Crippen LogP contribution is 2.00. The van der Waals surface area contributed by atoms with Crippen LogP contribution in [0.5, 0.6) is 0 Å². The van der Waals surface area contributed by atoms with Crippen LogP contribution in [-0.4, -0.2) is 61.6 Å². The zero-order valence-electron chi connectivity index (χ0n) is 14.1. The summed E-state index contributed by atoms with van der Waals surface area (Å²) in [5.41, 5.74) is 1.26. The van der Waals surface area contributed by atoms with E-state index >= 15 is 0 Å². The van der Waals surface area contributed by atoms with Crippen molar-refractivity contribution in [3.05, 3.63) is 24.3 Å². The fourth-order valence-corrected chi connectivity index (χ4v) is 1.85. The molecule has 0 heterocycles. The molecule has 120 valence electrons. The molecule has 0 aromatic heterocycles. The lowest BCUT2D eigenvalue weighted by Gasteiger charge is -2.20. The molecule has 0 aliphatic heterocycles. The van der Waals surface area contributed by atoms with Crippen molar-refractivity contribution in [2.75, 3.05) is 40.3 Å². The van der Waals surface area contributed by atoms with Crippen LogP contribution in [0, 0.1) is 0 Å². The van der Waals surface area contributed by atoms with Crippen LogP contribution in [0.2, 0.25) is 0 Å². The summed E-state index contributed by atoms with van der Waals surface area (Å²) in [7, 11) is 4.05. The van der Waals surface area contributed by atoms with Gasteiger partial charge >= 0.3 is 0 Å². The molecule has 0 aliphatic carbocycles. The van der Waals surface area contributed by atoms with Gasteiger partial charge in [0.1, 0.15) is 0 Å². The predicted octanol–water partition coefficient (Wildman–Crippen LogP) is 2.31. The third-order valence-corrected chi connectivity index (χ3v) is 3.47. The molecule has 0 bridgehead atoms. The topological polar surface area (TPSA) is 40.6 Å². The second kappa shape index (κ2) is 10.5. The number of allylic oxidation sites excluding steroid dienone is 2. The minimum absolute atomic E-state index is 0.136. The minimum atomic E-state index is 0.136. The number of carbonyl (C=O) groups is 2. The fourth-order valence-electron chi connectivity index (χ4n) is 1.85. The zero-order chi connectivity index (χ0) is 16.4. The first-order chi connectivity index (χ1) is 9.73. The summed E-state index contributed by atoms with van der Waals surface area (Å²) < 4.78 is 0. The third kappa shape index (κ3) is 10.2. The molecular weight excluding hydrogens is 264 g/mol. The Bertz CT molecular complexity index is 352. The van der Waals surface area contributed by atoms with E-state index in [0.717, 1.165) is 32.6 Å².